The van der Waals surface area contributed by atoms with E-state index in [-0.39, 0.29) is 25.4 Å². The number of ether oxygens (including phenoxy) is 4. The quantitative estimate of drug-likeness (QED) is 0.646. The van der Waals surface area contributed by atoms with Crippen molar-refractivity contribution in [1.29, 1.82) is 0 Å². The van der Waals surface area contributed by atoms with Crippen molar-refractivity contribution in [2.24, 2.45) is 0 Å². The van der Waals surface area contributed by atoms with E-state index in [1.54, 1.807) is 6.92 Å². The Morgan fingerprint density at radius 1 is 0.931 bits per heavy atom. The van der Waals surface area contributed by atoms with Crippen molar-refractivity contribution < 1.29 is 23.7 Å². The molecule has 3 heterocycles. The molecule has 0 fully saturated rings. The van der Waals surface area contributed by atoms with E-state index in [1.807, 2.05) is 31.3 Å². The zero-order valence-corrected chi connectivity index (χ0v) is 16.2. The van der Waals surface area contributed by atoms with Gasteiger partial charge in [0.05, 0.1) is 11.7 Å². The number of hydrogen-bond acceptors (Lipinski definition) is 6. The molecular weight excluding hydrogens is 370 g/mol. The lowest BCUT2D eigenvalue weighted by atomic mass is 9.84. The first kappa shape index (κ1) is 16.5. The molecule has 0 saturated carbocycles. The lowest BCUT2D eigenvalue weighted by Gasteiger charge is -2.38. The summed E-state index contributed by atoms with van der Waals surface area (Å²) < 4.78 is 22.4. The molecule has 0 amide bonds. The number of fused-ring (bicyclic) bond motifs is 7. The van der Waals surface area contributed by atoms with Gasteiger partial charge in [0.15, 0.2) is 23.0 Å². The largest absolute Gasteiger partial charge is 0.454 e. The Kier molecular flexibility index (Phi) is 3.30. The molecule has 0 aromatic heterocycles. The third-order valence-corrected chi connectivity index (χ3v) is 5.98. The van der Waals surface area contributed by atoms with Gasteiger partial charge in [0.2, 0.25) is 13.6 Å². The molecule has 0 radical (unpaired) electrons. The molecule has 0 spiro atoms. The monoisotopic (exact) mass is 389 g/mol. The van der Waals surface area contributed by atoms with Gasteiger partial charge in [0, 0.05) is 24.4 Å². The molecule has 3 aliphatic heterocycles. The third kappa shape index (κ3) is 2.32. The summed E-state index contributed by atoms with van der Waals surface area (Å²) in [5, 5.41) is 2.15. The Bertz CT molecular complexity index is 1200. The van der Waals surface area contributed by atoms with Gasteiger partial charge >= 0.3 is 0 Å². The van der Waals surface area contributed by atoms with Crippen molar-refractivity contribution in [1.82, 2.24) is 0 Å². The number of rotatable bonds is 2. The number of anilines is 1. The van der Waals surface area contributed by atoms with E-state index in [9.17, 15) is 4.79 Å². The minimum atomic E-state index is -0.0828. The van der Waals surface area contributed by atoms with Crippen LogP contribution in [0.15, 0.2) is 36.4 Å². The van der Waals surface area contributed by atoms with Crippen LogP contribution >= 0.6 is 0 Å². The molecule has 3 aromatic carbocycles. The number of Topliss-reactive ketones (excluding diaryl/α,β-unsaturated/α-hetero) is 1. The summed E-state index contributed by atoms with van der Waals surface area (Å²) in [5.41, 5.74) is 4.35. The van der Waals surface area contributed by atoms with Gasteiger partial charge in [-0.2, -0.15) is 0 Å². The topological polar surface area (TPSA) is 57.2 Å². The Hall–Kier alpha value is -3.41. The second-order valence-corrected chi connectivity index (χ2v) is 7.71. The van der Waals surface area contributed by atoms with Crippen LogP contribution in [-0.2, 0) is 4.79 Å². The van der Waals surface area contributed by atoms with Crippen LogP contribution in [-0.4, -0.2) is 26.4 Å². The summed E-state index contributed by atoms with van der Waals surface area (Å²) in [6.45, 7) is 2.10. The van der Waals surface area contributed by atoms with Gasteiger partial charge in [-0.3, -0.25) is 4.79 Å². The number of benzene rings is 3. The van der Waals surface area contributed by atoms with Crippen LogP contribution in [0.25, 0.3) is 21.9 Å². The highest BCUT2D eigenvalue weighted by molar-refractivity contribution is 6.05. The highest BCUT2D eigenvalue weighted by Crippen LogP contribution is 2.53. The summed E-state index contributed by atoms with van der Waals surface area (Å²) in [6.07, 6.45) is 0.420. The van der Waals surface area contributed by atoms with Crippen molar-refractivity contribution in [2.45, 2.75) is 19.4 Å². The van der Waals surface area contributed by atoms with Crippen LogP contribution in [0.1, 0.15) is 24.9 Å². The lowest BCUT2D eigenvalue weighted by molar-refractivity contribution is -0.117. The van der Waals surface area contributed by atoms with Crippen molar-refractivity contribution in [3.05, 3.63) is 42.0 Å². The molecule has 146 valence electrons. The molecule has 6 rings (SSSR count). The van der Waals surface area contributed by atoms with Crippen molar-refractivity contribution in [3.8, 4) is 34.1 Å². The summed E-state index contributed by atoms with van der Waals surface area (Å²) in [7, 11) is 2.05. The number of nitrogens with zero attached hydrogens (tertiary/aromatic N) is 1. The first-order valence-corrected chi connectivity index (χ1v) is 9.62. The van der Waals surface area contributed by atoms with E-state index in [0.29, 0.717) is 6.42 Å². The van der Waals surface area contributed by atoms with Gasteiger partial charge in [0.25, 0.3) is 0 Å². The van der Waals surface area contributed by atoms with E-state index in [2.05, 4.69) is 17.0 Å². The smallest absolute Gasteiger partial charge is 0.231 e. The fraction of sp³-hybridized carbons (Fsp3) is 0.261. The Balaban J connectivity index is 1.65. The first-order chi connectivity index (χ1) is 14.1. The minimum Gasteiger partial charge on any atom is -0.454 e. The number of carbonyl (C=O) groups is 1. The molecule has 3 aliphatic rings. The zero-order valence-electron chi connectivity index (χ0n) is 16.2. The van der Waals surface area contributed by atoms with Crippen LogP contribution in [0.5, 0.6) is 23.0 Å². The van der Waals surface area contributed by atoms with Gasteiger partial charge in [-0.15, -0.1) is 0 Å². The maximum Gasteiger partial charge on any atom is 0.231 e. The van der Waals surface area contributed by atoms with Crippen LogP contribution in [0.3, 0.4) is 0 Å². The molecule has 1 atom stereocenters. The molecule has 0 saturated heterocycles. The molecule has 0 aliphatic carbocycles. The van der Waals surface area contributed by atoms with E-state index in [1.165, 1.54) is 0 Å². The number of ketones is 1. The average Bonchev–Trinajstić information content (AvgIpc) is 3.35. The summed E-state index contributed by atoms with van der Waals surface area (Å²) >= 11 is 0. The standard InChI is InChI=1S/C23H19NO5/c1-12(25)5-18-17-9-22-21(28-11-29-22)8-16(17)14-4-3-13-6-19-20(27-10-26-19)7-15(13)23(14)24(18)2/h3-4,6-9,18H,5,10-11H2,1-2H3/t18-/m0/s1. The third-order valence-electron chi connectivity index (χ3n) is 5.98. The molecule has 6 nitrogen and oxygen atoms in total. The highest BCUT2D eigenvalue weighted by Gasteiger charge is 2.34. The second kappa shape index (κ2) is 5.80. The maximum atomic E-state index is 12.1. The zero-order chi connectivity index (χ0) is 19.7. The summed E-state index contributed by atoms with van der Waals surface area (Å²) in [5.74, 6) is 3.13. The maximum absolute atomic E-state index is 12.1. The molecular formula is C23H19NO5. The normalized spacial score (nSPS) is 18.0. The summed E-state index contributed by atoms with van der Waals surface area (Å²) in [6, 6.07) is 12.3. The van der Waals surface area contributed by atoms with E-state index >= 15 is 0 Å². The molecule has 0 unspecified atom stereocenters. The molecule has 0 N–H and O–H groups in total. The van der Waals surface area contributed by atoms with Crippen LogP contribution < -0.4 is 23.8 Å². The van der Waals surface area contributed by atoms with Gasteiger partial charge in [-0.05, 0) is 47.7 Å². The molecule has 0 bridgehead atoms. The van der Waals surface area contributed by atoms with E-state index in [0.717, 1.165) is 56.1 Å². The number of carbonyl (C=O) groups excluding carboxylic acids is 1. The van der Waals surface area contributed by atoms with Gasteiger partial charge in [-0.1, -0.05) is 12.1 Å². The highest BCUT2D eigenvalue weighted by atomic mass is 16.7. The van der Waals surface area contributed by atoms with E-state index < -0.39 is 0 Å². The fourth-order valence-corrected chi connectivity index (χ4v) is 4.65. The molecule has 29 heavy (non-hydrogen) atoms. The first-order valence-electron chi connectivity index (χ1n) is 9.62. The van der Waals surface area contributed by atoms with Gasteiger partial charge in [0.1, 0.15) is 5.78 Å². The van der Waals surface area contributed by atoms with Gasteiger partial charge in [-0.25, -0.2) is 0 Å². The van der Waals surface area contributed by atoms with Crippen LogP contribution in [0.4, 0.5) is 5.69 Å². The predicted octanol–water partition coefficient (Wildman–Crippen LogP) is 4.43. The summed E-state index contributed by atoms with van der Waals surface area (Å²) in [4.78, 5) is 14.3. The average molecular weight is 389 g/mol. The lowest BCUT2D eigenvalue weighted by Crippen LogP contribution is -2.30. The molecule has 6 heteroatoms. The second-order valence-electron chi connectivity index (χ2n) is 7.71. The molecule has 3 aromatic rings. The Labute approximate surface area is 167 Å². The van der Waals surface area contributed by atoms with E-state index in [4.69, 9.17) is 18.9 Å². The number of hydrogen-bond donors (Lipinski definition) is 0. The Morgan fingerprint density at radius 2 is 1.59 bits per heavy atom. The van der Waals surface area contributed by atoms with Crippen molar-refractivity contribution >= 4 is 22.2 Å². The minimum absolute atomic E-state index is 0.0828. The van der Waals surface area contributed by atoms with Crippen molar-refractivity contribution in [2.75, 3.05) is 25.5 Å². The van der Waals surface area contributed by atoms with Crippen molar-refractivity contribution in [3.63, 3.8) is 0 Å². The SMILES string of the molecule is CC(=O)C[C@H]1c2cc3c(cc2-c2ccc4cc5c(cc4c2N1C)OCO5)OCO3. The fourth-order valence-electron chi connectivity index (χ4n) is 4.65. The van der Waals surface area contributed by atoms with Crippen LogP contribution in [0, 0.1) is 0 Å². The predicted molar refractivity (Wildman–Crippen MR) is 108 cm³/mol. The van der Waals surface area contributed by atoms with Gasteiger partial charge < -0.3 is 23.8 Å². The van der Waals surface area contributed by atoms with Crippen LogP contribution in [0.2, 0.25) is 0 Å². The Morgan fingerprint density at radius 3 is 2.31 bits per heavy atom.